The molecule has 0 radical (unpaired) electrons. The topological polar surface area (TPSA) is 92.5 Å². The summed E-state index contributed by atoms with van der Waals surface area (Å²) in [4.78, 5) is 21.7. The van der Waals surface area contributed by atoms with E-state index in [1.807, 2.05) is 13.8 Å². The van der Waals surface area contributed by atoms with Gasteiger partial charge in [0, 0.05) is 12.6 Å². The molecule has 2 N–H and O–H groups in total. The highest BCUT2D eigenvalue weighted by Gasteiger charge is 2.13. The molecule has 0 saturated carbocycles. The van der Waals surface area contributed by atoms with Crippen molar-refractivity contribution in [3.05, 3.63) is 45.8 Å². The van der Waals surface area contributed by atoms with E-state index >= 15 is 0 Å². The summed E-state index contributed by atoms with van der Waals surface area (Å²) < 4.78 is 13.0. The summed E-state index contributed by atoms with van der Waals surface area (Å²) in [5, 5.41) is 22.9. The lowest BCUT2D eigenvalue weighted by Gasteiger charge is -2.12. The van der Waals surface area contributed by atoms with Gasteiger partial charge in [-0.3, -0.25) is 14.9 Å². The molecule has 0 bridgehead atoms. The number of hydrogen-bond donors (Lipinski definition) is 2. The molecular weight excluding hydrogens is 291 g/mol. The molecule has 0 aromatic heterocycles. The fourth-order valence-electron chi connectivity index (χ4n) is 1.89. The van der Waals surface area contributed by atoms with Gasteiger partial charge >= 0.3 is 0 Å². The molecule has 0 fully saturated rings. The van der Waals surface area contributed by atoms with Crippen LogP contribution in [0.15, 0.2) is 24.3 Å². The van der Waals surface area contributed by atoms with Crippen molar-refractivity contribution in [1.29, 1.82) is 0 Å². The van der Waals surface area contributed by atoms with Crippen LogP contribution in [0.25, 0.3) is 6.08 Å². The van der Waals surface area contributed by atoms with E-state index in [-0.39, 0.29) is 12.1 Å². The molecule has 6 nitrogen and oxygen atoms in total. The standard InChI is InChI=1S/C15H19FN2O4/c1-10(2)7-13(19)9-17-15(20)6-4-11-3-5-12(16)8-14(11)18(21)22/h3-6,8,10,13,19H,7,9H2,1-2H3,(H,17,20)/b6-4+. The average molecular weight is 310 g/mol. The van der Waals surface area contributed by atoms with Crippen molar-refractivity contribution in [1.82, 2.24) is 5.32 Å². The molecule has 1 rings (SSSR count). The number of nitrogens with zero attached hydrogens (tertiary/aromatic N) is 1. The first-order chi connectivity index (χ1) is 10.3. The third-order valence-corrected chi connectivity index (χ3v) is 2.86. The largest absolute Gasteiger partial charge is 0.391 e. The molecule has 0 aliphatic heterocycles. The lowest BCUT2D eigenvalue weighted by atomic mass is 10.1. The van der Waals surface area contributed by atoms with Gasteiger partial charge in [-0.1, -0.05) is 13.8 Å². The number of halogens is 1. The fourth-order valence-corrected chi connectivity index (χ4v) is 1.89. The van der Waals surface area contributed by atoms with E-state index in [1.54, 1.807) is 0 Å². The Kier molecular flexibility index (Phi) is 6.65. The number of nitrogens with one attached hydrogen (secondary N) is 1. The Labute approximate surface area is 127 Å². The number of amides is 1. The lowest BCUT2D eigenvalue weighted by molar-refractivity contribution is -0.385. The molecule has 0 heterocycles. The van der Waals surface area contributed by atoms with Crippen LogP contribution in [0.4, 0.5) is 10.1 Å². The van der Waals surface area contributed by atoms with E-state index in [1.165, 1.54) is 12.1 Å². The van der Waals surface area contributed by atoms with Gasteiger partial charge < -0.3 is 10.4 Å². The monoisotopic (exact) mass is 310 g/mol. The molecule has 22 heavy (non-hydrogen) atoms. The third-order valence-electron chi connectivity index (χ3n) is 2.86. The highest BCUT2D eigenvalue weighted by molar-refractivity contribution is 5.92. The van der Waals surface area contributed by atoms with Crippen LogP contribution in [0.2, 0.25) is 0 Å². The first-order valence-corrected chi connectivity index (χ1v) is 6.87. The molecule has 7 heteroatoms. The summed E-state index contributed by atoms with van der Waals surface area (Å²) in [5.41, 5.74) is -0.284. The van der Waals surface area contributed by atoms with E-state index in [0.29, 0.717) is 12.3 Å². The van der Waals surface area contributed by atoms with Gasteiger partial charge in [0.2, 0.25) is 5.91 Å². The normalized spacial score (nSPS) is 12.6. The van der Waals surface area contributed by atoms with Crippen molar-refractivity contribution >= 4 is 17.7 Å². The van der Waals surface area contributed by atoms with Gasteiger partial charge in [-0.2, -0.15) is 0 Å². The number of aliphatic hydroxyl groups is 1. The van der Waals surface area contributed by atoms with Crippen LogP contribution in [0, 0.1) is 21.8 Å². The van der Waals surface area contributed by atoms with Crippen molar-refractivity contribution in [3.63, 3.8) is 0 Å². The number of carbonyl (C=O) groups excluding carboxylic acids is 1. The van der Waals surface area contributed by atoms with E-state index < -0.39 is 28.4 Å². The third kappa shape index (κ3) is 6.01. The molecule has 1 atom stereocenters. The maximum atomic E-state index is 13.0. The fraction of sp³-hybridized carbons (Fsp3) is 0.400. The van der Waals surface area contributed by atoms with E-state index in [4.69, 9.17) is 0 Å². The van der Waals surface area contributed by atoms with Crippen molar-refractivity contribution in [2.75, 3.05) is 6.54 Å². The van der Waals surface area contributed by atoms with Crippen molar-refractivity contribution in [3.8, 4) is 0 Å². The van der Waals surface area contributed by atoms with Gasteiger partial charge in [0.15, 0.2) is 0 Å². The maximum Gasteiger partial charge on any atom is 0.279 e. The zero-order valence-corrected chi connectivity index (χ0v) is 12.5. The summed E-state index contributed by atoms with van der Waals surface area (Å²) in [7, 11) is 0. The van der Waals surface area contributed by atoms with Crippen LogP contribution in [0.3, 0.4) is 0 Å². The molecule has 1 amide bonds. The quantitative estimate of drug-likeness (QED) is 0.459. The number of benzene rings is 1. The number of carbonyl (C=O) groups is 1. The predicted molar refractivity (Wildman–Crippen MR) is 80.6 cm³/mol. The Bertz CT molecular complexity index is 573. The summed E-state index contributed by atoms with van der Waals surface area (Å²) in [6.07, 6.45) is 2.27. The smallest absolute Gasteiger partial charge is 0.279 e. The molecule has 0 aliphatic rings. The van der Waals surface area contributed by atoms with Crippen LogP contribution >= 0.6 is 0 Å². The second kappa shape index (κ2) is 8.23. The van der Waals surface area contributed by atoms with Crippen LogP contribution in [0.1, 0.15) is 25.8 Å². The SMILES string of the molecule is CC(C)CC(O)CNC(=O)/C=C/c1ccc(F)cc1[N+](=O)[O-]. The van der Waals surface area contributed by atoms with Gasteiger partial charge in [0.05, 0.1) is 22.7 Å². The minimum Gasteiger partial charge on any atom is -0.391 e. The molecule has 1 aromatic rings. The zero-order chi connectivity index (χ0) is 16.7. The zero-order valence-electron chi connectivity index (χ0n) is 12.5. The number of hydrogen-bond acceptors (Lipinski definition) is 4. The van der Waals surface area contributed by atoms with E-state index in [0.717, 1.165) is 18.2 Å². The Morgan fingerprint density at radius 2 is 2.18 bits per heavy atom. The lowest BCUT2D eigenvalue weighted by Crippen LogP contribution is -2.31. The van der Waals surface area contributed by atoms with Gasteiger partial charge in [-0.25, -0.2) is 4.39 Å². The minimum atomic E-state index is -0.717. The van der Waals surface area contributed by atoms with Crippen molar-refractivity contribution in [2.24, 2.45) is 5.92 Å². The van der Waals surface area contributed by atoms with Crippen molar-refractivity contribution in [2.45, 2.75) is 26.4 Å². The molecule has 0 aliphatic carbocycles. The van der Waals surface area contributed by atoms with Gasteiger partial charge in [0.25, 0.3) is 5.69 Å². The minimum absolute atomic E-state index is 0.104. The predicted octanol–water partition coefficient (Wildman–Crippen LogP) is 2.27. The Morgan fingerprint density at radius 1 is 1.50 bits per heavy atom. The summed E-state index contributed by atoms with van der Waals surface area (Å²) in [5.74, 6) is -0.893. The van der Waals surface area contributed by atoms with Gasteiger partial charge in [0.1, 0.15) is 5.82 Å². The highest BCUT2D eigenvalue weighted by atomic mass is 19.1. The number of nitro benzene ring substituents is 1. The first kappa shape index (κ1) is 17.8. The molecule has 0 spiro atoms. The summed E-state index contributed by atoms with van der Waals surface area (Å²) >= 11 is 0. The summed E-state index contributed by atoms with van der Waals surface area (Å²) in [6.45, 7) is 4.02. The Balaban J connectivity index is 2.65. The molecule has 120 valence electrons. The van der Waals surface area contributed by atoms with Gasteiger partial charge in [-0.05, 0) is 30.5 Å². The van der Waals surface area contributed by atoms with E-state index in [9.17, 15) is 24.4 Å². The highest BCUT2D eigenvalue weighted by Crippen LogP contribution is 2.20. The van der Waals surface area contributed by atoms with Crippen molar-refractivity contribution < 1.29 is 19.2 Å². The van der Waals surface area contributed by atoms with E-state index in [2.05, 4.69) is 5.32 Å². The average Bonchev–Trinajstić information content (AvgIpc) is 2.42. The second-order valence-corrected chi connectivity index (χ2v) is 5.32. The number of rotatable bonds is 7. The number of aliphatic hydroxyl groups excluding tert-OH is 1. The Hall–Kier alpha value is -2.28. The first-order valence-electron chi connectivity index (χ1n) is 6.87. The van der Waals surface area contributed by atoms with Crippen LogP contribution < -0.4 is 5.32 Å². The molecule has 0 saturated heterocycles. The second-order valence-electron chi connectivity index (χ2n) is 5.32. The number of nitro groups is 1. The van der Waals surface area contributed by atoms with Crippen LogP contribution in [-0.2, 0) is 4.79 Å². The summed E-state index contributed by atoms with van der Waals surface area (Å²) in [6, 6.07) is 3.10. The Morgan fingerprint density at radius 3 is 2.77 bits per heavy atom. The molecule has 1 unspecified atom stereocenters. The van der Waals surface area contributed by atoms with Gasteiger partial charge in [-0.15, -0.1) is 0 Å². The maximum absolute atomic E-state index is 13.0. The van der Waals surface area contributed by atoms with Crippen LogP contribution in [-0.4, -0.2) is 28.6 Å². The molecular formula is C15H19FN2O4. The molecule has 1 aromatic carbocycles. The van der Waals surface area contributed by atoms with Crippen LogP contribution in [0.5, 0.6) is 0 Å².